The van der Waals surface area contributed by atoms with Gasteiger partial charge in [0, 0.05) is 54.6 Å². The van der Waals surface area contributed by atoms with E-state index in [0.29, 0.717) is 5.69 Å². The number of piperazine rings is 1. The maximum Gasteiger partial charge on any atom is 0.291 e. The van der Waals surface area contributed by atoms with Crippen LogP contribution in [-0.2, 0) is 5.41 Å². The second kappa shape index (κ2) is 10.5. The highest BCUT2D eigenvalue weighted by Crippen LogP contribution is 2.27. The van der Waals surface area contributed by atoms with Gasteiger partial charge in [0.1, 0.15) is 11.5 Å². The number of nitrogens with zero attached hydrogens (tertiary/aromatic N) is 6. The second-order valence-corrected chi connectivity index (χ2v) is 12.5. The van der Waals surface area contributed by atoms with Crippen LogP contribution >= 0.6 is 0 Å². The largest absolute Gasteiger partial charge is 0.455 e. The van der Waals surface area contributed by atoms with E-state index in [4.69, 9.17) is 4.42 Å². The fourth-order valence-corrected chi connectivity index (χ4v) is 4.88. The van der Waals surface area contributed by atoms with Gasteiger partial charge in [-0.2, -0.15) is 0 Å². The molecule has 3 aromatic heterocycles. The van der Waals surface area contributed by atoms with Gasteiger partial charge in [-0.1, -0.05) is 32.1 Å². The third kappa shape index (κ3) is 5.94. The molecule has 40 heavy (non-hydrogen) atoms. The fraction of sp³-hybridized carbons (Fsp3) is 0.419. The molecule has 5 rings (SSSR count). The predicted octanol–water partition coefficient (Wildman–Crippen LogP) is 5.70. The number of aromatic nitrogens is 4. The monoisotopic (exact) mass is 541 g/mol. The first-order chi connectivity index (χ1) is 18.9. The minimum atomic E-state index is -0.296. The zero-order valence-electron chi connectivity index (χ0n) is 24.5. The summed E-state index contributed by atoms with van der Waals surface area (Å²) in [4.78, 5) is 22.3. The van der Waals surface area contributed by atoms with E-state index >= 15 is 0 Å². The van der Waals surface area contributed by atoms with Crippen molar-refractivity contribution in [1.29, 1.82) is 0 Å². The van der Waals surface area contributed by atoms with E-state index < -0.39 is 0 Å². The fourth-order valence-electron chi connectivity index (χ4n) is 4.88. The topological polar surface area (TPSA) is 92.3 Å². The van der Waals surface area contributed by atoms with Gasteiger partial charge >= 0.3 is 0 Å². The van der Waals surface area contributed by atoms with Gasteiger partial charge in [-0.25, -0.2) is 4.68 Å². The third-order valence-electron chi connectivity index (χ3n) is 7.39. The van der Waals surface area contributed by atoms with Crippen LogP contribution in [0.1, 0.15) is 63.4 Å². The number of hydrogen-bond acceptors (Lipinski definition) is 7. The van der Waals surface area contributed by atoms with E-state index in [2.05, 4.69) is 57.3 Å². The van der Waals surface area contributed by atoms with Crippen LogP contribution in [0.4, 0.5) is 11.4 Å². The lowest BCUT2D eigenvalue weighted by Gasteiger charge is -2.43. The first kappa shape index (κ1) is 27.6. The van der Waals surface area contributed by atoms with Gasteiger partial charge in [-0.3, -0.25) is 14.7 Å². The lowest BCUT2D eigenvalue weighted by molar-refractivity contribution is 0.0993. The highest BCUT2D eigenvalue weighted by Gasteiger charge is 2.26. The van der Waals surface area contributed by atoms with Crippen LogP contribution < -0.4 is 10.2 Å². The van der Waals surface area contributed by atoms with Gasteiger partial charge in [0.25, 0.3) is 5.91 Å². The molecule has 1 aromatic carbocycles. The number of carbonyl (C=O) groups excluding carboxylic acids is 1. The van der Waals surface area contributed by atoms with Crippen LogP contribution in [-0.4, -0.2) is 62.5 Å². The predicted molar refractivity (Wildman–Crippen MR) is 158 cm³/mol. The molecule has 0 bridgehead atoms. The minimum Gasteiger partial charge on any atom is -0.455 e. The molecule has 0 atom stereocenters. The number of pyridine rings is 1. The molecule has 0 radical (unpaired) electrons. The van der Waals surface area contributed by atoms with Gasteiger partial charge in [-0.15, -0.1) is 5.10 Å². The quantitative estimate of drug-likeness (QED) is 0.346. The lowest BCUT2D eigenvalue weighted by atomic mass is 9.94. The molecule has 9 nitrogen and oxygen atoms in total. The molecule has 0 aliphatic carbocycles. The first-order valence-corrected chi connectivity index (χ1v) is 13.8. The zero-order valence-corrected chi connectivity index (χ0v) is 24.5. The van der Waals surface area contributed by atoms with Crippen LogP contribution in [0.15, 0.2) is 59.4 Å². The van der Waals surface area contributed by atoms with Gasteiger partial charge in [0.15, 0.2) is 5.76 Å². The smallest absolute Gasteiger partial charge is 0.291 e. The number of benzene rings is 1. The summed E-state index contributed by atoms with van der Waals surface area (Å²) in [5.41, 5.74) is 5.23. The Morgan fingerprint density at radius 2 is 1.70 bits per heavy atom. The Kier molecular flexibility index (Phi) is 7.27. The van der Waals surface area contributed by atoms with Crippen molar-refractivity contribution in [3.8, 4) is 16.9 Å². The number of anilines is 2. The normalized spacial score (nSPS) is 14.9. The number of nitrogens with one attached hydrogen (secondary N) is 1. The Hall–Kier alpha value is -3.98. The standard InChI is InChI=1S/C31H39N7O2/c1-21-8-9-23(33-29(39)27-10-11-28(40-27)30(2,3)4)17-26(21)38-20-25(34-35-38)22-16-24(19-32-18-22)36-12-14-37(15-13-36)31(5,6)7/h8-11,16-20H,12-15H2,1-7H3,(H,33,39). The summed E-state index contributed by atoms with van der Waals surface area (Å²) >= 11 is 0. The van der Waals surface area contributed by atoms with Crippen molar-refractivity contribution in [3.05, 3.63) is 72.1 Å². The molecule has 0 saturated carbocycles. The maximum absolute atomic E-state index is 12.9. The summed E-state index contributed by atoms with van der Waals surface area (Å²) in [7, 11) is 0. The Morgan fingerprint density at radius 3 is 2.38 bits per heavy atom. The molecule has 1 N–H and O–H groups in total. The molecule has 1 saturated heterocycles. The van der Waals surface area contributed by atoms with Crippen molar-refractivity contribution in [1.82, 2.24) is 24.9 Å². The van der Waals surface area contributed by atoms with Crippen molar-refractivity contribution in [2.24, 2.45) is 0 Å². The Labute approximate surface area is 236 Å². The molecule has 1 aliphatic rings. The minimum absolute atomic E-state index is 0.170. The van der Waals surface area contributed by atoms with Crippen LogP contribution in [0.2, 0.25) is 0 Å². The van der Waals surface area contributed by atoms with Crippen LogP contribution in [0.25, 0.3) is 16.9 Å². The molecule has 0 unspecified atom stereocenters. The van der Waals surface area contributed by atoms with Crippen molar-refractivity contribution in [3.63, 3.8) is 0 Å². The zero-order chi connectivity index (χ0) is 28.7. The highest BCUT2D eigenvalue weighted by atomic mass is 16.4. The van der Waals surface area contributed by atoms with Crippen molar-refractivity contribution in [2.75, 3.05) is 36.4 Å². The molecule has 4 aromatic rings. The number of rotatable bonds is 5. The summed E-state index contributed by atoms with van der Waals surface area (Å²) in [5.74, 6) is 0.751. The average molecular weight is 542 g/mol. The van der Waals surface area contributed by atoms with Crippen molar-refractivity contribution >= 4 is 17.3 Å². The van der Waals surface area contributed by atoms with Crippen LogP contribution in [0.5, 0.6) is 0 Å². The van der Waals surface area contributed by atoms with Crippen molar-refractivity contribution in [2.45, 2.75) is 59.4 Å². The van der Waals surface area contributed by atoms with Crippen LogP contribution in [0, 0.1) is 6.92 Å². The summed E-state index contributed by atoms with van der Waals surface area (Å²) in [6.45, 7) is 18.9. The lowest BCUT2D eigenvalue weighted by Crippen LogP contribution is -2.53. The highest BCUT2D eigenvalue weighted by molar-refractivity contribution is 6.02. The molecule has 1 fully saturated rings. The van der Waals surface area contributed by atoms with Gasteiger partial charge in [-0.05, 0) is 63.6 Å². The summed E-state index contributed by atoms with van der Waals surface area (Å²) in [5, 5.41) is 11.8. The van der Waals surface area contributed by atoms with Crippen LogP contribution in [0.3, 0.4) is 0 Å². The molecular formula is C31H39N7O2. The number of aryl methyl sites for hydroxylation is 1. The number of hydrogen-bond donors (Lipinski definition) is 1. The van der Waals surface area contributed by atoms with E-state index in [1.807, 2.05) is 70.6 Å². The molecule has 4 heterocycles. The van der Waals surface area contributed by atoms with E-state index in [1.54, 1.807) is 10.7 Å². The van der Waals surface area contributed by atoms with E-state index in [0.717, 1.165) is 60.1 Å². The Morgan fingerprint density at radius 1 is 0.950 bits per heavy atom. The van der Waals surface area contributed by atoms with Gasteiger partial charge in [0.05, 0.1) is 23.8 Å². The van der Waals surface area contributed by atoms with Crippen molar-refractivity contribution < 1.29 is 9.21 Å². The Balaban J connectivity index is 1.31. The van der Waals surface area contributed by atoms with Gasteiger partial charge < -0.3 is 14.6 Å². The van der Waals surface area contributed by atoms with E-state index in [9.17, 15) is 4.79 Å². The SMILES string of the molecule is Cc1ccc(NC(=O)c2ccc(C(C)(C)C)o2)cc1-n1cc(-c2cncc(N3CCN(C(C)(C)C)CC3)c2)nn1. The molecule has 0 spiro atoms. The molecule has 210 valence electrons. The summed E-state index contributed by atoms with van der Waals surface area (Å²) in [6, 6.07) is 11.4. The Bertz CT molecular complexity index is 1500. The molecule has 1 aliphatic heterocycles. The van der Waals surface area contributed by atoms with E-state index in [1.165, 1.54) is 0 Å². The molecule has 9 heteroatoms. The summed E-state index contributed by atoms with van der Waals surface area (Å²) < 4.78 is 7.53. The summed E-state index contributed by atoms with van der Waals surface area (Å²) in [6.07, 6.45) is 5.64. The molecular weight excluding hydrogens is 502 g/mol. The number of carbonyl (C=O) groups is 1. The van der Waals surface area contributed by atoms with E-state index in [-0.39, 0.29) is 22.6 Å². The average Bonchev–Trinajstić information content (AvgIpc) is 3.60. The third-order valence-corrected chi connectivity index (χ3v) is 7.39. The number of furan rings is 1. The van der Waals surface area contributed by atoms with Gasteiger partial charge in [0.2, 0.25) is 0 Å². The first-order valence-electron chi connectivity index (χ1n) is 13.8. The number of amides is 1. The maximum atomic E-state index is 12.9. The second-order valence-electron chi connectivity index (χ2n) is 12.5. The molecule has 1 amide bonds.